The second kappa shape index (κ2) is 8.85. The van der Waals surface area contributed by atoms with Crippen LogP contribution in [-0.4, -0.2) is 41.9 Å². The number of nitrogens with one attached hydrogen (secondary N) is 1. The number of esters is 1. The van der Waals surface area contributed by atoms with Crippen molar-refractivity contribution in [3.63, 3.8) is 0 Å². The molecule has 8 heteroatoms. The SMILES string of the molecule is CC1(C(=O)N[C@H]2CO[C@@H](C(=O)OCc3ccccc3)C2)CC(c2cccc(F)c2)=NO1. The standard InChI is InChI=1S/C23H23FN2O5/c1-23(12-19(26-31-23)16-8-5-9-17(24)10-16)22(28)25-18-11-20(29-14-18)21(27)30-13-15-6-3-2-4-7-15/h2-10,18,20H,11-14H2,1H3,(H,25,28)/t18-,20-,23?/m1/s1. The van der Waals surface area contributed by atoms with Gasteiger partial charge in [-0.1, -0.05) is 47.6 Å². The van der Waals surface area contributed by atoms with Gasteiger partial charge < -0.3 is 19.6 Å². The van der Waals surface area contributed by atoms with Crippen LogP contribution in [0.1, 0.15) is 30.9 Å². The molecule has 2 aliphatic heterocycles. The number of halogens is 1. The molecule has 7 nitrogen and oxygen atoms in total. The van der Waals surface area contributed by atoms with Crippen LogP contribution in [0.2, 0.25) is 0 Å². The van der Waals surface area contributed by atoms with E-state index in [9.17, 15) is 14.0 Å². The van der Waals surface area contributed by atoms with Crippen molar-refractivity contribution in [3.05, 3.63) is 71.5 Å². The number of nitrogens with zero attached hydrogens (tertiary/aromatic N) is 1. The average Bonchev–Trinajstić information content (AvgIpc) is 3.40. The molecule has 1 saturated heterocycles. The maximum absolute atomic E-state index is 13.5. The highest BCUT2D eigenvalue weighted by Gasteiger charge is 2.44. The lowest BCUT2D eigenvalue weighted by Gasteiger charge is -2.22. The molecule has 1 amide bonds. The predicted octanol–water partition coefficient (Wildman–Crippen LogP) is 2.73. The molecule has 1 fully saturated rings. The summed E-state index contributed by atoms with van der Waals surface area (Å²) in [6.45, 7) is 1.99. The summed E-state index contributed by atoms with van der Waals surface area (Å²) in [4.78, 5) is 30.5. The molecular formula is C23H23FN2O5. The van der Waals surface area contributed by atoms with Gasteiger partial charge in [0.25, 0.3) is 5.91 Å². The molecule has 4 rings (SSSR count). The Hall–Kier alpha value is -3.26. The van der Waals surface area contributed by atoms with Crippen LogP contribution >= 0.6 is 0 Å². The molecule has 162 valence electrons. The highest BCUT2D eigenvalue weighted by Crippen LogP contribution is 2.28. The van der Waals surface area contributed by atoms with Gasteiger partial charge in [0, 0.05) is 18.4 Å². The van der Waals surface area contributed by atoms with Crippen molar-refractivity contribution < 1.29 is 28.3 Å². The minimum absolute atomic E-state index is 0.169. The van der Waals surface area contributed by atoms with Crippen molar-refractivity contribution in [3.8, 4) is 0 Å². The molecular weight excluding hydrogens is 403 g/mol. The Morgan fingerprint density at radius 1 is 1.23 bits per heavy atom. The third-order valence-electron chi connectivity index (χ3n) is 5.32. The molecule has 0 radical (unpaired) electrons. The summed E-state index contributed by atoms with van der Waals surface area (Å²) in [5, 5.41) is 6.84. The van der Waals surface area contributed by atoms with Crippen molar-refractivity contribution in [2.45, 2.75) is 44.1 Å². The molecule has 0 aliphatic carbocycles. The molecule has 0 spiro atoms. The molecule has 0 saturated carbocycles. The minimum Gasteiger partial charge on any atom is -0.459 e. The summed E-state index contributed by atoms with van der Waals surface area (Å²) in [5.74, 6) is -1.21. The molecule has 3 atom stereocenters. The third kappa shape index (κ3) is 4.91. The Bertz CT molecular complexity index is 996. The number of carbonyl (C=O) groups is 2. The van der Waals surface area contributed by atoms with E-state index in [0.29, 0.717) is 17.7 Å². The number of hydrogen-bond donors (Lipinski definition) is 1. The van der Waals surface area contributed by atoms with E-state index >= 15 is 0 Å². The van der Waals surface area contributed by atoms with E-state index in [2.05, 4.69) is 10.5 Å². The maximum Gasteiger partial charge on any atom is 0.335 e. The van der Waals surface area contributed by atoms with Crippen LogP contribution in [0, 0.1) is 5.82 Å². The molecule has 2 heterocycles. The topological polar surface area (TPSA) is 86.2 Å². The zero-order valence-corrected chi connectivity index (χ0v) is 17.0. The lowest BCUT2D eigenvalue weighted by atomic mass is 9.94. The van der Waals surface area contributed by atoms with Crippen LogP contribution in [0.4, 0.5) is 4.39 Å². The first-order chi connectivity index (χ1) is 14.9. The highest BCUT2D eigenvalue weighted by atomic mass is 19.1. The van der Waals surface area contributed by atoms with Crippen molar-refractivity contribution in [1.29, 1.82) is 0 Å². The van der Waals surface area contributed by atoms with E-state index in [0.717, 1.165) is 5.56 Å². The fourth-order valence-electron chi connectivity index (χ4n) is 3.54. The van der Waals surface area contributed by atoms with E-state index in [-0.39, 0.29) is 37.4 Å². The predicted molar refractivity (Wildman–Crippen MR) is 110 cm³/mol. The molecule has 1 unspecified atom stereocenters. The third-order valence-corrected chi connectivity index (χ3v) is 5.32. The zero-order valence-electron chi connectivity index (χ0n) is 17.0. The van der Waals surface area contributed by atoms with E-state index in [1.165, 1.54) is 12.1 Å². The summed E-state index contributed by atoms with van der Waals surface area (Å²) in [5.41, 5.74) is 0.747. The first-order valence-electron chi connectivity index (χ1n) is 10.1. The number of ether oxygens (including phenoxy) is 2. The van der Waals surface area contributed by atoms with Gasteiger partial charge in [-0.2, -0.15) is 0 Å². The van der Waals surface area contributed by atoms with Crippen molar-refractivity contribution in [2.75, 3.05) is 6.61 Å². The lowest BCUT2D eigenvalue weighted by molar-refractivity contribution is -0.155. The van der Waals surface area contributed by atoms with Gasteiger partial charge in [-0.25, -0.2) is 9.18 Å². The fourth-order valence-corrected chi connectivity index (χ4v) is 3.54. The van der Waals surface area contributed by atoms with Gasteiger partial charge >= 0.3 is 5.97 Å². The Morgan fingerprint density at radius 2 is 2.03 bits per heavy atom. The number of amides is 1. The van der Waals surface area contributed by atoms with E-state index in [1.807, 2.05) is 30.3 Å². The molecule has 0 aromatic heterocycles. The summed E-state index contributed by atoms with van der Waals surface area (Å²) in [6.07, 6.45) is -0.212. The van der Waals surface area contributed by atoms with Gasteiger partial charge in [0.2, 0.25) is 5.60 Å². The van der Waals surface area contributed by atoms with E-state index < -0.39 is 17.7 Å². The van der Waals surface area contributed by atoms with Gasteiger partial charge in [-0.15, -0.1) is 0 Å². The summed E-state index contributed by atoms with van der Waals surface area (Å²) < 4.78 is 24.3. The smallest absolute Gasteiger partial charge is 0.335 e. The molecule has 31 heavy (non-hydrogen) atoms. The maximum atomic E-state index is 13.5. The number of rotatable bonds is 6. The molecule has 2 aliphatic rings. The highest BCUT2D eigenvalue weighted by molar-refractivity contribution is 6.05. The normalized spacial score (nSPS) is 24.9. The van der Waals surface area contributed by atoms with E-state index in [4.69, 9.17) is 14.3 Å². The van der Waals surface area contributed by atoms with Crippen molar-refractivity contribution in [1.82, 2.24) is 5.32 Å². The molecule has 0 bridgehead atoms. The van der Waals surface area contributed by atoms with Crippen LogP contribution < -0.4 is 5.32 Å². The largest absolute Gasteiger partial charge is 0.459 e. The Balaban J connectivity index is 1.27. The van der Waals surface area contributed by atoms with Crippen LogP contribution in [0.5, 0.6) is 0 Å². The Labute approximate surface area is 179 Å². The van der Waals surface area contributed by atoms with Gasteiger partial charge in [-0.3, -0.25) is 4.79 Å². The monoisotopic (exact) mass is 426 g/mol. The van der Waals surface area contributed by atoms with E-state index in [1.54, 1.807) is 19.1 Å². The first-order valence-corrected chi connectivity index (χ1v) is 10.1. The number of carbonyl (C=O) groups excluding carboxylic acids is 2. The Kier molecular flexibility index (Phi) is 5.99. The summed E-state index contributed by atoms with van der Waals surface area (Å²) in [7, 11) is 0. The van der Waals surface area contributed by atoms with Gasteiger partial charge in [-0.05, 0) is 24.6 Å². The summed E-state index contributed by atoms with van der Waals surface area (Å²) >= 11 is 0. The zero-order chi connectivity index (χ0) is 21.8. The van der Waals surface area contributed by atoms with Crippen molar-refractivity contribution >= 4 is 17.6 Å². The van der Waals surface area contributed by atoms with Gasteiger partial charge in [0.15, 0.2) is 6.10 Å². The van der Waals surface area contributed by atoms with Crippen molar-refractivity contribution in [2.24, 2.45) is 5.16 Å². The van der Waals surface area contributed by atoms with Gasteiger partial charge in [0.05, 0.1) is 18.4 Å². The number of benzene rings is 2. The van der Waals surface area contributed by atoms with Crippen LogP contribution in [0.15, 0.2) is 59.8 Å². The average molecular weight is 426 g/mol. The quantitative estimate of drug-likeness (QED) is 0.718. The second-order valence-corrected chi connectivity index (χ2v) is 7.87. The summed E-state index contributed by atoms with van der Waals surface area (Å²) in [6, 6.07) is 15.0. The van der Waals surface area contributed by atoms with Crippen LogP contribution in [0.3, 0.4) is 0 Å². The van der Waals surface area contributed by atoms with Crippen LogP contribution in [0.25, 0.3) is 0 Å². The fraction of sp³-hybridized carbons (Fsp3) is 0.348. The minimum atomic E-state index is -1.21. The molecule has 2 aromatic carbocycles. The molecule has 2 aromatic rings. The Morgan fingerprint density at radius 3 is 2.81 bits per heavy atom. The molecule has 1 N–H and O–H groups in total. The number of hydrogen-bond acceptors (Lipinski definition) is 6. The first kappa shape index (κ1) is 21.0. The second-order valence-electron chi connectivity index (χ2n) is 7.87. The lowest BCUT2D eigenvalue weighted by Crippen LogP contribution is -2.49. The van der Waals surface area contributed by atoms with Gasteiger partial charge in [0.1, 0.15) is 12.4 Å². The van der Waals surface area contributed by atoms with Crippen LogP contribution in [-0.2, 0) is 30.5 Å². The number of oxime groups is 1.